The Bertz CT molecular complexity index is 5430. The summed E-state index contributed by atoms with van der Waals surface area (Å²) < 4.78 is 322. The number of alkyl halides is 24. The van der Waals surface area contributed by atoms with Gasteiger partial charge in [-0.05, 0) is 373 Å². The standard InChI is InChI=1S/C18H22F3N.C18H24F3N.C15H21F3O.C14H20F3NO.C14H19F3.C13H17F3.C12H16F3NO.C9H8BrF3/c1-12-9-16(13(2)17(10-12)18(19,20)21)15-5-7-22(8-6-15)11-14-3-4-14;1-5-13(3)22-8-6-15(7-9-22)16-10-12(2)11-17(14(16)4)18(19,20)21;1-10(2)6-5-7-12-8-11(3)9-13(14(12)19-4)15(16,17)18;1-10-7-12(9-18(3)5-6-19-4)11(2)13(8-10)14(15,16)17;1-10(2)5-4-6-12-7-11(3)8-13(9-12)14(15,16)17;1-9(2)4-5-11-6-10(3)7-12(8-11)13(14,15)16;1-8-5-10(12(13,14)15)6-9(7-16(2)3)11(8)17-4;1-5-3-7(9(11,12)13)4-8(10)6(5)2/h5,9-10,14H,3-4,6-8,11H2,1-2H3;6,10-11,13H,5,7-9H2,1-4H3;8-10H,5-7H2,1-4H3;7-8H,5-6,9H2,1-4H3;7-10H,4-6H2,1-3H3;6-9H,4-5H2,1-3H3;5-6H,7H2,1-4H3;3-4H,1-2H3. The highest BCUT2D eigenvalue weighted by Crippen LogP contribution is 2.45. The summed E-state index contributed by atoms with van der Waals surface area (Å²) in [5.41, 5.74) is 9.55. The molecule has 1 saturated carbocycles. The van der Waals surface area contributed by atoms with E-state index >= 15 is 0 Å². The van der Waals surface area contributed by atoms with E-state index in [-0.39, 0.29) is 5.75 Å². The van der Waals surface area contributed by atoms with Gasteiger partial charge in [-0.2, -0.15) is 105 Å². The van der Waals surface area contributed by atoms with Crippen molar-refractivity contribution in [3.8, 4) is 11.5 Å². The Morgan fingerprint density at radius 2 is 0.772 bits per heavy atom. The number of nitrogens with zero attached hydrogens (tertiary/aromatic N) is 4. The van der Waals surface area contributed by atoms with Crippen LogP contribution in [-0.2, 0) is 86.5 Å². The molecule has 8 aromatic carbocycles. The number of methoxy groups -OCH3 is 3. The molecule has 1 aliphatic carbocycles. The van der Waals surface area contributed by atoms with E-state index < -0.39 is 93.9 Å². The first-order valence-electron chi connectivity index (χ1n) is 48.6. The minimum atomic E-state index is -4.37. The average Bonchev–Trinajstić information content (AvgIpc) is 1.56. The normalized spacial score (nSPS) is 14.2. The van der Waals surface area contributed by atoms with Crippen molar-refractivity contribution in [2.45, 2.75) is 290 Å². The fourth-order valence-corrected chi connectivity index (χ4v) is 17.4. The molecule has 2 aliphatic heterocycles. The first-order valence-corrected chi connectivity index (χ1v) is 49.4. The Morgan fingerprint density at radius 3 is 1.16 bits per heavy atom. The lowest BCUT2D eigenvalue weighted by Gasteiger charge is -2.32. The molecule has 0 spiro atoms. The molecule has 0 N–H and O–H groups in total. The number of benzene rings is 8. The SMILES string of the molecule is CCC(C)N1CC=C(c2cc(C)cc(C(F)(F)F)c2C)CC1.COCCN(C)Cc1cc(C)cc(C(F)(F)F)c1C.COc1c(C)cc(C(F)(F)F)cc1CN(C)C.COc1c(CCCC(C)C)cc(C)cc1C(F)(F)F.Cc1cc(C(F)(F)F)cc(Br)c1C.Cc1cc(C2=CCN(CC3CC3)CC2)c(C)c(C(F)(F)F)c1.Cc1cc(CCC(C)C)cc(C(F)(F)F)c1.Cc1cc(CCCC(C)C)cc(C(F)(F)F)c1. The molecule has 1 atom stereocenters. The van der Waals surface area contributed by atoms with Crippen LogP contribution in [0.15, 0.2) is 126 Å². The smallest absolute Gasteiger partial charge is 0.419 e. The number of hydrogen-bond acceptors (Lipinski definition) is 7. The summed E-state index contributed by atoms with van der Waals surface area (Å²) in [4.78, 5) is 8.54. The fraction of sp³-hybridized carbons (Fsp3) is 0.540. The number of likely N-dealkylation sites (N-methyl/N-ethyl adjacent to an activating group) is 1. The molecule has 145 heavy (non-hydrogen) atoms. The summed E-state index contributed by atoms with van der Waals surface area (Å²) >= 11 is 3.09. The van der Waals surface area contributed by atoms with Crippen LogP contribution in [0.2, 0.25) is 0 Å². The van der Waals surface area contributed by atoms with E-state index in [1.54, 1.807) is 108 Å². The molecule has 11 rings (SSSR count). The minimum absolute atomic E-state index is 0.0261. The highest BCUT2D eigenvalue weighted by molar-refractivity contribution is 9.10. The highest BCUT2D eigenvalue weighted by Gasteiger charge is 2.41. The summed E-state index contributed by atoms with van der Waals surface area (Å²) in [5, 5.41) is 0. The van der Waals surface area contributed by atoms with E-state index in [2.05, 4.69) is 93.3 Å². The van der Waals surface area contributed by atoms with Gasteiger partial charge in [0, 0.05) is 75.5 Å². The predicted molar refractivity (Wildman–Crippen MR) is 539 cm³/mol. The maximum absolute atomic E-state index is 13.2. The first kappa shape index (κ1) is 129. The van der Waals surface area contributed by atoms with Gasteiger partial charge in [0.2, 0.25) is 0 Å². The van der Waals surface area contributed by atoms with Crippen molar-refractivity contribution in [3.05, 3.63) is 276 Å². The number of hydrogen-bond donors (Lipinski definition) is 0. The molecule has 2 heterocycles. The van der Waals surface area contributed by atoms with Gasteiger partial charge in [0.15, 0.2) is 0 Å². The topological polar surface area (TPSA) is 40.6 Å². The van der Waals surface area contributed by atoms with Crippen LogP contribution in [0.4, 0.5) is 105 Å². The van der Waals surface area contributed by atoms with E-state index in [9.17, 15) is 105 Å². The van der Waals surface area contributed by atoms with Gasteiger partial charge in [-0.1, -0.05) is 142 Å². The molecule has 1 fully saturated rings. The van der Waals surface area contributed by atoms with E-state index in [0.717, 1.165) is 166 Å². The summed E-state index contributed by atoms with van der Waals surface area (Å²) in [6.45, 7) is 43.8. The Morgan fingerprint density at radius 1 is 0.379 bits per heavy atom. The van der Waals surface area contributed by atoms with Crippen molar-refractivity contribution < 1.29 is 120 Å². The van der Waals surface area contributed by atoms with Gasteiger partial charge in [-0.25, -0.2) is 0 Å². The molecule has 0 amide bonds. The van der Waals surface area contributed by atoms with Gasteiger partial charge in [-0.15, -0.1) is 0 Å². The predicted octanol–water partition coefficient (Wildman–Crippen LogP) is 35.2. The molecule has 812 valence electrons. The second-order valence-electron chi connectivity index (χ2n) is 39.7. The molecule has 1 unspecified atom stereocenters. The third kappa shape index (κ3) is 44.3. The van der Waals surface area contributed by atoms with Crippen LogP contribution in [0, 0.1) is 107 Å². The van der Waals surface area contributed by atoms with E-state index in [1.807, 2.05) is 42.3 Å². The highest BCUT2D eigenvalue weighted by atomic mass is 79.9. The number of halogens is 25. The van der Waals surface area contributed by atoms with Crippen molar-refractivity contribution >= 4 is 27.1 Å². The van der Waals surface area contributed by atoms with Crippen molar-refractivity contribution in [1.82, 2.24) is 19.6 Å². The minimum Gasteiger partial charge on any atom is -0.496 e. The van der Waals surface area contributed by atoms with Gasteiger partial charge in [0.05, 0.1) is 65.3 Å². The van der Waals surface area contributed by atoms with Crippen molar-refractivity contribution in [3.63, 3.8) is 0 Å². The zero-order valence-corrected chi connectivity index (χ0v) is 90.0. The zero-order chi connectivity index (χ0) is 110. The molecule has 0 radical (unpaired) electrons. The van der Waals surface area contributed by atoms with Crippen molar-refractivity contribution in [1.29, 1.82) is 0 Å². The van der Waals surface area contributed by atoms with Gasteiger partial charge in [-0.3, -0.25) is 14.7 Å². The molecule has 3 aliphatic rings. The number of aryl methyl sites for hydroxylation is 11. The lowest BCUT2D eigenvalue weighted by molar-refractivity contribution is -0.139. The van der Waals surface area contributed by atoms with Crippen molar-refractivity contribution in [2.24, 2.45) is 23.7 Å². The number of ether oxygens (including phenoxy) is 3. The molecule has 7 nitrogen and oxygen atoms in total. The Kier molecular flexibility index (Phi) is 50.5. The van der Waals surface area contributed by atoms with Gasteiger partial charge in [0.25, 0.3) is 0 Å². The lowest BCUT2D eigenvalue weighted by Crippen LogP contribution is -2.36. The van der Waals surface area contributed by atoms with E-state index in [0.29, 0.717) is 151 Å². The maximum atomic E-state index is 13.2. The van der Waals surface area contributed by atoms with Crippen molar-refractivity contribution in [2.75, 3.05) is 88.3 Å². The summed E-state index contributed by atoms with van der Waals surface area (Å²) in [7, 11) is 9.84. The molecular weight excluding hydrogens is 2000 g/mol. The molecule has 0 aromatic heterocycles. The van der Waals surface area contributed by atoms with Crippen LogP contribution < -0.4 is 9.47 Å². The average molecular weight is 2150 g/mol. The van der Waals surface area contributed by atoms with Crippen LogP contribution in [0.5, 0.6) is 11.5 Å². The fourth-order valence-electron chi connectivity index (χ4n) is 16.8. The van der Waals surface area contributed by atoms with Gasteiger partial charge < -0.3 is 19.1 Å². The molecule has 0 bridgehead atoms. The molecular formula is C113H147BrF24N4O3. The van der Waals surface area contributed by atoms with Crippen LogP contribution in [0.1, 0.15) is 270 Å². The molecule has 0 saturated heterocycles. The van der Waals surface area contributed by atoms with E-state index in [4.69, 9.17) is 14.2 Å². The second-order valence-corrected chi connectivity index (χ2v) is 40.6. The maximum Gasteiger partial charge on any atom is 0.419 e. The molecule has 8 aromatic rings. The first-order chi connectivity index (χ1) is 66.7. The monoisotopic (exact) mass is 2140 g/mol. The summed E-state index contributed by atoms with van der Waals surface area (Å²) in [6, 6.07) is 25.8. The van der Waals surface area contributed by atoms with Gasteiger partial charge in [0.1, 0.15) is 11.5 Å². The van der Waals surface area contributed by atoms with Crippen LogP contribution in [0.25, 0.3) is 11.1 Å². The zero-order valence-electron chi connectivity index (χ0n) is 88.5. The van der Waals surface area contributed by atoms with Crippen LogP contribution in [-0.4, -0.2) is 114 Å². The molecule has 32 heteroatoms. The van der Waals surface area contributed by atoms with E-state index in [1.165, 1.54) is 76.4 Å². The lowest BCUT2D eigenvalue weighted by atomic mass is 9.90. The van der Waals surface area contributed by atoms with Crippen LogP contribution in [0.3, 0.4) is 0 Å². The largest absolute Gasteiger partial charge is 0.496 e. The quantitative estimate of drug-likeness (QED) is 0.0500. The van der Waals surface area contributed by atoms with Crippen LogP contribution >= 0.6 is 15.9 Å². The summed E-state index contributed by atoms with van der Waals surface area (Å²) in [6.07, 6.45) is -17.8. The third-order valence-corrected chi connectivity index (χ3v) is 25.8. The van der Waals surface area contributed by atoms with Gasteiger partial charge >= 0.3 is 49.4 Å². The Hall–Kier alpha value is -8.56. The summed E-state index contributed by atoms with van der Waals surface area (Å²) in [5.74, 6) is 3.01. The number of rotatable bonds is 26. The second kappa shape index (κ2) is 56.9. The third-order valence-electron chi connectivity index (χ3n) is 25.0. The Balaban J connectivity index is 0.000000347. The Labute approximate surface area is 851 Å².